The van der Waals surface area contributed by atoms with Gasteiger partial charge in [-0.15, -0.1) is 0 Å². The number of hydrogen-bond acceptors (Lipinski definition) is 3. The van der Waals surface area contributed by atoms with E-state index in [1.165, 1.54) is 5.56 Å². The van der Waals surface area contributed by atoms with E-state index in [1.54, 1.807) is 23.9 Å². The van der Waals surface area contributed by atoms with Crippen molar-refractivity contribution >= 4 is 11.8 Å². The summed E-state index contributed by atoms with van der Waals surface area (Å²) in [5.74, 6) is 0.0179. The van der Waals surface area contributed by atoms with Crippen molar-refractivity contribution in [3.05, 3.63) is 35.4 Å². The van der Waals surface area contributed by atoms with Gasteiger partial charge >= 0.3 is 0 Å². The van der Waals surface area contributed by atoms with E-state index in [0.29, 0.717) is 12.6 Å². The number of carbonyl (C=O) groups is 2. The molecule has 0 aromatic heterocycles. The molecule has 120 valence electrons. The third-order valence-corrected chi connectivity index (χ3v) is 3.86. The molecule has 0 atom stereocenters. The number of nitrogens with zero attached hydrogens (tertiary/aromatic N) is 2. The van der Waals surface area contributed by atoms with Crippen molar-refractivity contribution in [2.45, 2.75) is 32.4 Å². The number of aryl methyl sites for hydroxylation is 1. The minimum Gasteiger partial charge on any atom is -0.352 e. The lowest BCUT2D eigenvalue weighted by molar-refractivity contribution is -0.132. The van der Waals surface area contributed by atoms with Crippen LogP contribution in [0.3, 0.4) is 0 Å². The summed E-state index contributed by atoms with van der Waals surface area (Å²) in [4.78, 5) is 27.4. The summed E-state index contributed by atoms with van der Waals surface area (Å²) < 4.78 is 0. The number of benzene rings is 1. The van der Waals surface area contributed by atoms with Crippen LogP contribution in [-0.2, 0) is 16.1 Å². The highest BCUT2D eigenvalue weighted by Crippen LogP contribution is 2.18. The van der Waals surface area contributed by atoms with Gasteiger partial charge in [0.1, 0.15) is 0 Å². The third-order valence-electron chi connectivity index (χ3n) is 3.86. The number of rotatable bonds is 7. The maximum Gasteiger partial charge on any atom is 0.236 e. The molecule has 1 aromatic carbocycles. The van der Waals surface area contributed by atoms with Crippen molar-refractivity contribution in [3.63, 3.8) is 0 Å². The fourth-order valence-electron chi connectivity index (χ4n) is 2.28. The molecule has 0 saturated heterocycles. The van der Waals surface area contributed by atoms with E-state index < -0.39 is 0 Å². The standard InChI is InChI=1S/C17H25N3O2/c1-13-6-4-5-7-14(13)10-20(3)17(22)12-19(2)11-16(21)18-15-8-9-15/h4-7,15H,8-12H2,1-3H3,(H,18,21). The Morgan fingerprint density at radius 2 is 1.86 bits per heavy atom. The van der Waals surface area contributed by atoms with E-state index in [1.807, 2.05) is 31.2 Å². The maximum absolute atomic E-state index is 12.2. The van der Waals surface area contributed by atoms with Crippen molar-refractivity contribution in [3.8, 4) is 0 Å². The summed E-state index contributed by atoms with van der Waals surface area (Å²) in [5, 5.41) is 2.93. The molecule has 0 radical (unpaired) electrons. The molecule has 1 saturated carbocycles. The molecule has 0 spiro atoms. The fraction of sp³-hybridized carbons (Fsp3) is 0.529. The Morgan fingerprint density at radius 3 is 2.50 bits per heavy atom. The lowest BCUT2D eigenvalue weighted by Crippen LogP contribution is -2.41. The van der Waals surface area contributed by atoms with Crippen LogP contribution in [0, 0.1) is 6.92 Å². The molecule has 0 bridgehead atoms. The molecule has 1 aromatic rings. The van der Waals surface area contributed by atoms with Gasteiger partial charge in [-0.2, -0.15) is 0 Å². The molecule has 2 amide bonds. The second-order valence-corrected chi connectivity index (χ2v) is 6.19. The minimum absolute atomic E-state index is 0.000595. The van der Waals surface area contributed by atoms with E-state index in [9.17, 15) is 9.59 Å². The quantitative estimate of drug-likeness (QED) is 0.822. The van der Waals surface area contributed by atoms with Gasteiger partial charge in [-0.3, -0.25) is 14.5 Å². The van der Waals surface area contributed by atoms with Gasteiger partial charge in [-0.05, 0) is 37.9 Å². The van der Waals surface area contributed by atoms with Crippen LogP contribution in [-0.4, -0.2) is 54.8 Å². The van der Waals surface area contributed by atoms with Crippen LogP contribution in [0.25, 0.3) is 0 Å². The Balaban J connectivity index is 1.77. The fourth-order valence-corrected chi connectivity index (χ4v) is 2.28. The monoisotopic (exact) mass is 303 g/mol. The maximum atomic E-state index is 12.2. The lowest BCUT2D eigenvalue weighted by Gasteiger charge is -2.22. The lowest BCUT2D eigenvalue weighted by atomic mass is 10.1. The first-order valence-electron chi connectivity index (χ1n) is 7.72. The Kier molecular flexibility index (Phi) is 5.55. The van der Waals surface area contributed by atoms with Crippen LogP contribution in [0.5, 0.6) is 0 Å². The Hall–Kier alpha value is -1.88. The van der Waals surface area contributed by atoms with Gasteiger partial charge in [-0.25, -0.2) is 0 Å². The van der Waals surface area contributed by atoms with Gasteiger partial charge in [0, 0.05) is 19.6 Å². The van der Waals surface area contributed by atoms with E-state index in [-0.39, 0.29) is 24.9 Å². The van der Waals surface area contributed by atoms with Crippen LogP contribution >= 0.6 is 0 Å². The van der Waals surface area contributed by atoms with Crippen molar-refractivity contribution in [2.24, 2.45) is 0 Å². The van der Waals surface area contributed by atoms with Crippen molar-refractivity contribution in [1.29, 1.82) is 0 Å². The third kappa shape index (κ3) is 5.15. The Morgan fingerprint density at radius 1 is 1.18 bits per heavy atom. The largest absolute Gasteiger partial charge is 0.352 e. The van der Waals surface area contributed by atoms with Crippen LogP contribution in [0.2, 0.25) is 0 Å². The first-order chi connectivity index (χ1) is 10.5. The molecule has 0 heterocycles. The van der Waals surface area contributed by atoms with E-state index in [4.69, 9.17) is 0 Å². The molecule has 1 fully saturated rings. The summed E-state index contributed by atoms with van der Waals surface area (Å²) in [6.45, 7) is 3.15. The predicted molar refractivity (Wildman–Crippen MR) is 86.3 cm³/mol. The minimum atomic E-state index is -0.000595. The predicted octanol–water partition coefficient (Wildman–Crippen LogP) is 1.16. The molecule has 0 unspecified atom stereocenters. The van der Waals surface area contributed by atoms with Gasteiger partial charge in [-0.1, -0.05) is 24.3 Å². The molecule has 1 aliphatic carbocycles. The van der Waals surface area contributed by atoms with Crippen molar-refractivity contribution in [1.82, 2.24) is 15.1 Å². The molecule has 0 aliphatic heterocycles. The van der Waals surface area contributed by atoms with Gasteiger partial charge in [0.25, 0.3) is 0 Å². The summed E-state index contributed by atoms with van der Waals surface area (Å²) >= 11 is 0. The zero-order valence-electron chi connectivity index (χ0n) is 13.6. The first kappa shape index (κ1) is 16.5. The first-order valence-corrected chi connectivity index (χ1v) is 7.72. The molecule has 5 heteroatoms. The SMILES string of the molecule is Cc1ccccc1CN(C)C(=O)CN(C)CC(=O)NC1CC1. The average molecular weight is 303 g/mol. The summed E-state index contributed by atoms with van der Waals surface area (Å²) in [7, 11) is 3.60. The van der Waals surface area contributed by atoms with Gasteiger partial charge in [0.15, 0.2) is 0 Å². The highest BCUT2D eigenvalue weighted by atomic mass is 16.2. The number of amides is 2. The number of nitrogens with one attached hydrogen (secondary N) is 1. The summed E-state index contributed by atoms with van der Waals surface area (Å²) in [5.41, 5.74) is 2.33. The number of likely N-dealkylation sites (N-methyl/N-ethyl adjacent to an activating group) is 2. The zero-order valence-corrected chi connectivity index (χ0v) is 13.6. The van der Waals surface area contributed by atoms with Gasteiger partial charge in [0.2, 0.25) is 11.8 Å². The van der Waals surface area contributed by atoms with Crippen molar-refractivity contribution in [2.75, 3.05) is 27.2 Å². The van der Waals surface area contributed by atoms with Crippen LogP contribution in [0.4, 0.5) is 0 Å². The highest BCUT2D eigenvalue weighted by molar-refractivity contribution is 5.81. The summed E-state index contributed by atoms with van der Waals surface area (Å²) in [6, 6.07) is 8.41. The molecular formula is C17H25N3O2. The topological polar surface area (TPSA) is 52.7 Å². The zero-order chi connectivity index (χ0) is 16.1. The van der Waals surface area contributed by atoms with Crippen LogP contribution in [0.1, 0.15) is 24.0 Å². The molecule has 5 nitrogen and oxygen atoms in total. The normalized spacial score (nSPS) is 14.0. The highest BCUT2D eigenvalue weighted by Gasteiger charge is 2.24. The van der Waals surface area contributed by atoms with Crippen LogP contribution < -0.4 is 5.32 Å². The number of hydrogen-bond donors (Lipinski definition) is 1. The van der Waals surface area contributed by atoms with Crippen LogP contribution in [0.15, 0.2) is 24.3 Å². The smallest absolute Gasteiger partial charge is 0.236 e. The molecule has 22 heavy (non-hydrogen) atoms. The molecule has 2 rings (SSSR count). The number of carbonyl (C=O) groups excluding carboxylic acids is 2. The van der Waals surface area contributed by atoms with Crippen molar-refractivity contribution < 1.29 is 9.59 Å². The molecule has 1 aliphatic rings. The van der Waals surface area contributed by atoms with E-state index in [2.05, 4.69) is 5.32 Å². The van der Waals surface area contributed by atoms with Gasteiger partial charge < -0.3 is 10.2 Å². The Bertz CT molecular complexity index is 540. The summed E-state index contributed by atoms with van der Waals surface area (Å²) in [6.07, 6.45) is 2.15. The van der Waals surface area contributed by atoms with Gasteiger partial charge in [0.05, 0.1) is 13.1 Å². The molecular weight excluding hydrogens is 278 g/mol. The average Bonchev–Trinajstić information content (AvgIpc) is 3.24. The molecule has 1 N–H and O–H groups in total. The second-order valence-electron chi connectivity index (χ2n) is 6.19. The van der Waals surface area contributed by atoms with E-state index >= 15 is 0 Å². The second kappa shape index (κ2) is 7.40. The Labute approximate surface area is 132 Å². The van der Waals surface area contributed by atoms with E-state index in [0.717, 1.165) is 18.4 Å².